The van der Waals surface area contributed by atoms with Crippen LogP contribution in [0, 0.1) is 0 Å². The Labute approximate surface area is 113 Å². The largest absolute Gasteiger partial charge is 0.380 e. The van der Waals surface area contributed by atoms with E-state index in [9.17, 15) is 0 Å². The molecule has 1 aliphatic heterocycles. The van der Waals surface area contributed by atoms with Crippen molar-refractivity contribution in [2.45, 2.75) is 26.2 Å². The average molecular weight is 266 g/mol. The number of hydrogen-bond donors (Lipinski definition) is 2. The molecule has 0 saturated carbocycles. The maximum atomic E-state index is 5.74. The van der Waals surface area contributed by atoms with Crippen LogP contribution in [0.3, 0.4) is 0 Å². The number of nitrogens with zero attached hydrogens (tertiary/aromatic N) is 4. The van der Waals surface area contributed by atoms with Gasteiger partial charge in [0.1, 0.15) is 0 Å². The molecule has 0 bridgehead atoms. The van der Waals surface area contributed by atoms with Gasteiger partial charge in [-0.25, -0.2) is 0 Å². The van der Waals surface area contributed by atoms with Gasteiger partial charge in [0.15, 0.2) is 0 Å². The van der Waals surface area contributed by atoms with Crippen molar-refractivity contribution in [2.24, 2.45) is 0 Å². The van der Waals surface area contributed by atoms with Crippen molar-refractivity contribution >= 4 is 17.8 Å². The first-order valence-corrected chi connectivity index (χ1v) is 6.87. The molecule has 0 atom stereocenters. The smallest absolute Gasteiger partial charge is 0.231 e. The molecule has 1 saturated heterocycles. The number of rotatable bonds is 6. The third kappa shape index (κ3) is 4.20. The standard InChI is InChI=1S/C12H22N6O/c1-2-19-9-6-14-11-15-10(13)16-12(17-11)18-7-4-3-5-8-18/h2-9H2,1H3,(H3,13,14,15,16,17). The lowest BCUT2D eigenvalue weighted by Gasteiger charge is -2.26. The Morgan fingerprint density at radius 3 is 2.74 bits per heavy atom. The summed E-state index contributed by atoms with van der Waals surface area (Å²) < 4.78 is 5.26. The Hall–Kier alpha value is -1.63. The van der Waals surface area contributed by atoms with Gasteiger partial charge in [-0.05, 0) is 26.2 Å². The molecule has 106 valence electrons. The van der Waals surface area contributed by atoms with Crippen LogP contribution < -0.4 is 16.0 Å². The lowest BCUT2D eigenvalue weighted by molar-refractivity contribution is 0.158. The van der Waals surface area contributed by atoms with E-state index in [0.717, 1.165) is 13.1 Å². The van der Waals surface area contributed by atoms with E-state index in [1.54, 1.807) is 0 Å². The van der Waals surface area contributed by atoms with Crippen LogP contribution in [0.25, 0.3) is 0 Å². The Morgan fingerprint density at radius 1 is 1.21 bits per heavy atom. The van der Waals surface area contributed by atoms with Gasteiger partial charge in [0, 0.05) is 26.2 Å². The minimum Gasteiger partial charge on any atom is -0.380 e. The summed E-state index contributed by atoms with van der Waals surface area (Å²) in [6.07, 6.45) is 3.63. The van der Waals surface area contributed by atoms with Gasteiger partial charge >= 0.3 is 0 Å². The summed E-state index contributed by atoms with van der Waals surface area (Å²) in [5, 5.41) is 3.11. The fourth-order valence-electron chi connectivity index (χ4n) is 2.07. The topological polar surface area (TPSA) is 89.2 Å². The summed E-state index contributed by atoms with van der Waals surface area (Å²) in [5.74, 6) is 1.45. The molecule has 0 aromatic carbocycles. The normalized spacial score (nSPS) is 15.5. The van der Waals surface area contributed by atoms with Crippen molar-refractivity contribution in [3.63, 3.8) is 0 Å². The van der Waals surface area contributed by atoms with Crippen LogP contribution >= 0.6 is 0 Å². The minimum atomic E-state index is 0.259. The summed E-state index contributed by atoms with van der Waals surface area (Å²) in [6.45, 7) is 5.94. The zero-order valence-electron chi connectivity index (χ0n) is 11.4. The molecule has 2 rings (SSSR count). The van der Waals surface area contributed by atoms with E-state index in [2.05, 4.69) is 25.2 Å². The van der Waals surface area contributed by atoms with Gasteiger partial charge in [-0.1, -0.05) is 0 Å². The van der Waals surface area contributed by atoms with Crippen LogP contribution in [0.5, 0.6) is 0 Å². The van der Waals surface area contributed by atoms with Crippen LogP contribution in [0.2, 0.25) is 0 Å². The van der Waals surface area contributed by atoms with Gasteiger partial charge in [-0.3, -0.25) is 0 Å². The molecule has 7 heteroatoms. The van der Waals surface area contributed by atoms with Crippen molar-refractivity contribution in [3.8, 4) is 0 Å². The van der Waals surface area contributed by atoms with E-state index in [-0.39, 0.29) is 5.95 Å². The number of hydrogen-bond acceptors (Lipinski definition) is 7. The highest BCUT2D eigenvalue weighted by molar-refractivity contribution is 5.42. The first-order valence-electron chi connectivity index (χ1n) is 6.87. The highest BCUT2D eigenvalue weighted by Gasteiger charge is 2.15. The molecule has 0 unspecified atom stereocenters. The van der Waals surface area contributed by atoms with Crippen LogP contribution in [-0.2, 0) is 4.74 Å². The zero-order valence-corrected chi connectivity index (χ0v) is 11.4. The Morgan fingerprint density at radius 2 is 2.00 bits per heavy atom. The SMILES string of the molecule is CCOCCNc1nc(N)nc(N2CCCCC2)n1. The van der Waals surface area contributed by atoms with Crippen LogP contribution in [-0.4, -0.2) is 47.8 Å². The Balaban J connectivity index is 1.97. The first kappa shape index (κ1) is 13.8. The fraction of sp³-hybridized carbons (Fsp3) is 0.750. The van der Waals surface area contributed by atoms with Crippen molar-refractivity contribution in [2.75, 3.05) is 48.8 Å². The second-order valence-corrected chi connectivity index (χ2v) is 4.49. The third-order valence-corrected chi connectivity index (χ3v) is 3.01. The average Bonchev–Trinajstić information content (AvgIpc) is 2.44. The quantitative estimate of drug-likeness (QED) is 0.739. The maximum absolute atomic E-state index is 5.74. The fourth-order valence-corrected chi connectivity index (χ4v) is 2.07. The van der Waals surface area contributed by atoms with Crippen LogP contribution in [0.15, 0.2) is 0 Å². The van der Waals surface area contributed by atoms with Gasteiger partial charge in [0.05, 0.1) is 6.61 Å². The number of nitrogens with two attached hydrogens (primary N) is 1. The van der Waals surface area contributed by atoms with E-state index >= 15 is 0 Å². The number of aromatic nitrogens is 3. The molecule has 1 fully saturated rings. The molecule has 7 nitrogen and oxygen atoms in total. The predicted octanol–water partition coefficient (Wildman–Crippen LogP) is 0.892. The number of nitrogens with one attached hydrogen (secondary N) is 1. The summed E-state index contributed by atoms with van der Waals surface area (Å²) in [4.78, 5) is 14.9. The van der Waals surface area contributed by atoms with E-state index in [1.807, 2.05) is 6.92 Å². The minimum absolute atomic E-state index is 0.259. The van der Waals surface area contributed by atoms with Gasteiger partial charge in [-0.15, -0.1) is 0 Å². The molecule has 1 aromatic heterocycles. The Kier molecular flexibility index (Phi) is 5.14. The number of anilines is 3. The van der Waals surface area contributed by atoms with Crippen molar-refractivity contribution in [3.05, 3.63) is 0 Å². The van der Waals surface area contributed by atoms with E-state index in [0.29, 0.717) is 31.7 Å². The maximum Gasteiger partial charge on any atom is 0.231 e. The Bertz CT molecular complexity index is 394. The lowest BCUT2D eigenvalue weighted by Crippen LogP contribution is -2.31. The van der Waals surface area contributed by atoms with Gasteiger partial charge in [0.2, 0.25) is 17.8 Å². The molecule has 0 spiro atoms. The van der Waals surface area contributed by atoms with Crippen LogP contribution in [0.1, 0.15) is 26.2 Å². The second kappa shape index (κ2) is 7.08. The summed E-state index contributed by atoms with van der Waals surface area (Å²) >= 11 is 0. The monoisotopic (exact) mass is 266 g/mol. The van der Waals surface area contributed by atoms with Crippen molar-refractivity contribution < 1.29 is 4.74 Å². The van der Waals surface area contributed by atoms with Crippen molar-refractivity contribution in [1.29, 1.82) is 0 Å². The summed E-state index contributed by atoms with van der Waals surface area (Å²) in [5.41, 5.74) is 5.74. The lowest BCUT2D eigenvalue weighted by atomic mass is 10.1. The van der Waals surface area contributed by atoms with E-state index < -0.39 is 0 Å². The predicted molar refractivity (Wildman–Crippen MR) is 75.3 cm³/mol. The van der Waals surface area contributed by atoms with E-state index in [4.69, 9.17) is 10.5 Å². The third-order valence-electron chi connectivity index (χ3n) is 3.01. The first-order chi connectivity index (χ1) is 9.29. The summed E-state index contributed by atoms with van der Waals surface area (Å²) in [7, 11) is 0. The molecular weight excluding hydrogens is 244 g/mol. The molecule has 0 amide bonds. The molecular formula is C12H22N6O. The highest BCUT2D eigenvalue weighted by Crippen LogP contribution is 2.17. The van der Waals surface area contributed by atoms with Crippen molar-refractivity contribution in [1.82, 2.24) is 15.0 Å². The molecule has 0 aliphatic carbocycles. The zero-order chi connectivity index (χ0) is 13.5. The van der Waals surface area contributed by atoms with Gasteiger partial charge < -0.3 is 20.7 Å². The highest BCUT2D eigenvalue weighted by atomic mass is 16.5. The number of piperidine rings is 1. The van der Waals surface area contributed by atoms with E-state index in [1.165, 1.54) is 19.3 Å². The van der Waals surface area contributed by atoms with Gasteiger partial charge in [-0.2, -0.15) is 15.0 Å². The number of ether oxygens (including phenoxy) is 1. The van der Waals surface area contributed by atoms with Crippen LogP contribution in [0.4, 0.5) is 17.8 Å². The number of nitrogen functional groups attached to an aromatic ring is 1. The van der Waals surface area contributed by atoms with Gasteiger partial charge in [0.25, 0.3) is 0 Å². The summed E-state index contributed by atoms with van der Waals surface area (Å²) in [6, 6.07) is 0. The molecule has 3 N–H and O–H groups in total. The second-order valence-electron chi connectivity index (χ2n) is 4.49. The molecule has 2 heterocycles. The molecule has 0 radical (unpaired) electrons. The molecule has 19 heavy (non-hydrogen) atoms. The molecule has 1 aliphatic rings. The molecule has 1 aromatic rings.